The normalized spacial score (nSPS) is 9.42. The summed E-state index contributed by atoms with van der Waals surface area (Å²) in [6.45, 7) is 1.67. The van der Waals surface area contributed by atoms with Crippen LogP contribution in [0.2, 0.25) is 0 Å². The Bertz CT molecular complexity index is 318. The van der Waals surface area contributed by atoms with Crippen LogP contribution in [0, 0.1) is 6.92 Å². The molecule has 0 saturated carbocycles. The van der Waals surface area contributed by atoms with E-state index in [9.17, 15) is 9.59 Å². The number of rotatable bonds is 1. The van der Waals surface area contributed by atoms with Crippen LogP contribution in [-0.2, 0) is 9.59 Å². The summed E-state index contributed by atoms with van der Waals surface area (Å²) in [6.07, 6.45) is 1.34. The van der Waals surface area contributed by atoms with Gasteiger partial charge < -0.3 is 10.4 Å². The Morgan fingerprint density at radius 2 is 2.33 bits per heavy atom. The standard InChI is InChI=1S/C6H7N3O3/c1-3-4(2-7-9-3)8-5(10)6(11)12/h2H,1H3,(H,7,9)(H,8,10)(H,11,12). The Morgan fingerprint density at radius 1 is 1.67 bits per heavy atom. The maximum Gasteiger partial charge on any atom is 0.394 e. The summed E-state index contributed by atoms with van der Waals surface area (Å²) >= 11 is 0. The summed E-state index contributed by atoms with van der Waals surface area (Å²) in [7, 11) is 0. The van der Waals surface area contributed by atoms with Crippen molar-refractivity contribution < 1.29 is 14.7 Å². The lowest BCUT2D eigenvalue weighted by atomic mass is 10.4. The maximum absolute atomic E-state index is 10.6. The van der Waals surface area contributed by atoms with Crippen LogP contribution in [0.4, 0.5) is 5.69 Å². The quantitative estimate of drug-likeness (QED) is 0.505. The van der Waals surface area contributed by atoms with Gasteiger partial charge in [-0.3, -0.25) is 9.89 Å². The van der Waals surface area contributed by atoms with Gasteiger partial charge in [0.05, 0.1) is 17.6 Å². The highest BCUT2D eigenvalue weighted by atomic mass is 16.4. The van der Waals surface area contributed by atoms with Crippen LogP contribution < -0.4 is 5.32 Å². The van der Waals surface area contributed by atoms with Gasteiger partial charge in [0, 0.05) is 0 Å². The Labute approximate surface area is 67.6 Å². The van der Waals surface area contributed by atoms with Crippen molar-refractivity contribution in [3.05, 3.63) is 11.9 Å². The molecule has 0 fully saturated rings. The van der Waals surface area contributed by atoms with Crippen LogP contribution in [0.3, 0.4) is 0 Å². The van der Waals surface area contributed by atoms with E-state index in [1.54, 1.807) is 6.92 Å². The second-order valence-corrected chi connectivity index (χ2v) is 2.17. The van der Waals surface area contributed by atoms with Crippen molar-refractivity contribution in [1.82, 2.24) is 10.2 Å². The second kappa shape index (κ2) is 3.04. The first kappa shape index (κ1) is 8.25. The molecule has 0 spiro atoms. The van der Waals surface area contributed by atoms with Gasteiger partial charge in [-0.2, -0.15) is 5.10 Å². The van der Waals surface area contributed by atoms with Crippen molar-refractivity contribution in [2.24, 2.45) is 0 Å². The molecular weight excluding hydrogens is 162 g/mol. The van der Waals surface area contributed by atoms with Crippen LogP contribution in [-0.4, -0.2) is 27.2 Å². The lowest BCUT2D eigenvalue weighted by Crippen LogP contribution is -2.21. The molecule has 1 aromatic heterocycles. The van der Waals surface area contributed by atoms with Crippen molar-refractivity contribution >= 4 is 17.6 Å². The Morgan fingerprint density at radius 3 is 2.75 bits per heavy atom. The highest BCUT2D eigenvalue weighted by Gasteiger charge is 2.12. The molecule has 0 aliphatic heterocycles. The van der Waals surface area contributed by atoms with E-state index in [0.717, 1.165) is 0 Å². The van der Waals surface area contributed by atoms with E-state index in [0.29, 0.717) is 11.4 Å². The fourth-order valence-corrected chi connectivity index (χ4v) is 0.653. The fraction of sp³-hybridized carbons (Fsp3) is 0.167. The molecule has 0 unspecified atom stereocenters. The molecular formula is C6H7N3O3. The van der Waals surface area contributed by atoms with Crippen LogP contribution in [0.1, 0.15) is 5.69 Å². The number of H-pyrrole nitrogens is 1. The van der Waals surface area contributed by atoms with Gasteiger partial charge in [-0.15, -0.1) is 0 Å². The highest BCUT2D eigenvalue weighted by Crippen LogP contribution is 2.08. The number of anilines is 1. The van der Waals surface area contributed by atoms with Gasteiger partial charge in [0.2, 0.25) is 0 Å². The van der Waals surface area contributed by atoms with E-state index < -0.39 is 11.9 Å². The Hall–Kier alpha value is -1.85. The molecule has 1 rings (SSSR count). The summed E-state index contributed by atoms with van der Waals surface area (Å²) < 4.78 is 0. The van der Waals surface area contributed by atoms with Crippen molar-refractivity contribution in [2.75, 3.05) is 5.32 Å². The Kier molecular flexibility index (Phi) is 2.09. The molecule has 0 saturated heterocycles. The van der Waals surface area contributed by atoms with Crippen LogP contribution >= 0.6 is 0 Å². The van der Waals surface area contributed by atoms with Crippen LogP contribution in [0.25, 0.3) is 0 Å². The van der Waals surface area contributed by atoms with Crippen molar-refractivity contribution in [2.45, 2.75) is 6.92 Å². The van der Waals surface area contributed by atoms with Gasteiger partial charge in [0.25, 0.3) is 0 Å². The number of carboxylic acids is 1. The second-order valence-electron chi connectivity index (χ2n) is 2.17. The van der Waals surface area contributed by atoms with Gasteiger partial charge >= 0.3 is 11.9 Å². The fourth-order valence-electron chi connectivity index (χ4n) is 0.653. The van der Waals surface area contributed by atoms with E-state index in [2.05, 4.69) is 15.5 Å². The average Bonchev–Trinajstić information content (AvgIpc) is 2.36. The molecule has 0 bridgehead atoms. The number of hydrogen-bond acceptors (Lipinski definition) is 3. The van der Waals surface area contributed by atoms with Crippen LogP contribution in [0.15, 0.2) is 6.20 Å². The molecule has 0 aromatic carbocycles. The molecule has 6 nitrogen and oxygen atoms in total. The van der Waals surface area contributed by atoms with Gasteiger partial charge in [0.15, 0.2) is 0 Å². The summed E-state index contributed by atoms with van der Waals surface area (Å²) in [5.74, 6) is -2.59. The number of hydrogen-bond donors (Lipinski definition) is 3. The molecule has 1 amide bonds. The van der Waals surface area contributed by atoms with Gasteiger partial charge in [-0.1, -0.05) is 0 Å². The lowest BCUT2D eigenvalue weighted by molar-refractivity contribution is -0.147. The summed E-state index contributed by atoms with van der Waals surface area (Å²) in [4.78, 5) is 20.7. The van der Waals surface area contributed by atoms with Gasteiger partial charge in [-0.05, 0) is 6.92 Å². The van der Waals surface area contributed by atoms with Crippen LogP contribution in [0.5, 0.6) is 0 Å². The minimum atomic E-state index is -1.52. The third kappa shape index (κ3) is 1.60. The molecule has 12 heavy (non-hydrogen) atoms. The average molecular weight is 169 g/mol. The number of carbonyl (C=O) groups excluding carboxylic acids is 1. The first-order valence-electron chi connectivity index (χ1n) is 3.15. The van der Waals surface area contributed by atoms with Crippen molar-refractivity contribution in [3.63, 3.8) is 0 Å². The predicted octanol–water partition coefficient (Wildman–Crippen LogP) is -0.259. The first-order chi connectivity index (χ1) is 5.61. The van der Waals surface area contributed by atoms with E-state index in [-0.39, 0.29) is 0 Å². The number of carbonyl (C=O) groups is 2. The van der Waals surface area contributed by atoms with Gasteiger partial charge in [-0.25, -0.2) is 4.79 Å². The van der Waals surface area contributed by atoms with Gasteiger partial charge in [0.1, 0.15) is 0 Å². The summed E-state index contributed by atoms with van der Waals surface area (Å²) in [5, 5.41) is 16.5. The SMILES string of the molecule is Cc1[nH]ncc1NC(=O)C(=O)O. The largest absolute Gasteiger partial charge is 0.474 e. The molecule has 0 aliphatic rings. The zero-order valence-electron chi connectivity index (χ0n) is 6.29. The third-order valence-electron chi connectivity index (χ3n) is 1.27. The third-order valence-corrected chi connectivity index (χ3v) is 1.27. The first-order valence-corrected chi connectivity index (χ1v) is 3.15. The maximum atomic E-state index is 10.6. The predicted molar refractivity (Wildman–Crippen MR) is 39.6 cm³/mol. The molecule has 0 aliphatic carbocycles. The van der Waals surface area contributed by atoms with E-state index in [4.69, 9.17) is 5.11 Å². The molecule has 1 heterocycles. The van der Waals surface area contributed by atoms with E-state index in [1.165, 1.54) is 6.20 Å². The molecule has 0 atom stereocenters. The minimum Gasteiger partial charge on any atom is -0.474 e. The zero-order valence-corrected chi connectivity index (χ0v) is 6.29. The summed E-state index contributed by atoms with van der Waals surface area (Å²) in [6, 6.07) is 0. The molecule has 1 aromatic rings. The number of amides is 1. The van der Waals surface area contributed by atoms with Crippen molar-refractivity contribution in [3.8, 4) is 0 Å². The van der Waals surface area contributed by atoms with E-state index in [1.807, 2.05) is 0 Å². The number of aliphatic carboxylic acids is 1. The molecule has 64 valence electrons. The molecule has 6 heteroatoms. The number of aryl methyl sites for hydroxylation is 1. The number of aromatic amines is 1. The smallest absolute Gasteiger partial charge is 0.394 e. The van der Waals surface area contributed by atoms with E-state index >= 15 is 0 Å². The number of aromatic nitrogens is 2. The number of nitrogens with one attached hydrogen (secondary N) is 2. The summed E-state index contributed by atoms with van der Waals surface area (Å²) in [5.41, 5.74) is 0.993. The lowest BCUT2D eigenvalue weighted by Gasteiger charge is -1.97. The number of carboxylic acid groups (broad SMARTS) is 1. The molecule has 0 radical (unpaired) electrons. The Balaban J connectivity index is 2.71. The minimum absolute atomic E-state index is 0.377. The zero-order chi connectivity index (χ0) is 9.14. The monoisotopic (exact) mass is 169 g/mol. The topological polar surface area (TPSA) is 95.1 Å². The highest BCUT2D eigenvalue weighted by molar-refractivity contribution is 6.36. The number of nitrogens with zero attached hydrogens (tertiary/aromatic N) is 1. The molecule has 3 N–H and O–H groups in total. The van der Waals surface area contributed by atoms with Crippen molar-refractivity contribution in [1.29, 1.82) is 0 Å².